The standard InChI is InChI=1S/2C17H27NO2.H2O/c2*1-18(2)13-16(17(19)11-5-4-6-12-17)14-7-9-15(20-3)10-8-14;/h2*7-10,16,19H,4-6,11-13H2,1-3H3;1H2. The summed E-state index contributed by atoms with van der Waals surface area (Å²) >= 11 is 0. The van der Waals surface area contributed by atoms with E-state index in [1.54, 1.807) is 14.2 Å². The molecule has 7 heteroatoms. The van der Waals surface area contributed by atoms with Gasteiger partial charge in [0.2, 0.25) is 0 Å². The number of ether oxygens (including phenoxy) is 2. The van der Waals surface area contributed by atoms with Crippen LogP contribution in [0, 0.1) is 0 Å². The fraction of sp³-hybridized carbons (Fsp3) is 0.647. The number of hydrogen-bond acceptors (Lipinski definition) is 6. The summed E-state index contributed by atoms with van der Waals surface area (Å²) < 4.78 is 10.5. The predicted molar refractivity (Wildman–Crippen MR) is 168 cm³/mol. The zero-order valence-corrected chi connectivity index (χ0v) is 26.4. The molecule has 0 radical (unpaired) electrons. The highest BCUT2D eigenvalue weighted by atomic mass is 16.5. The molecule has 232 valence electrons. The number of aliphatic hydroxyl groups is 2. The third-order valence-corrected chi connectivity index (χ3v) is 8.87. The van der Waals surface area contributed by atoms with Gasteiger partial charge >= 0.3 is 0 Å². The van der Waals surface area contributed by atoms with Crippen LogP contribution in [0.1, 0.15) is 87.2 Å². The van der Waals surface area contributed by atoms with Crippen LogP contribution in [0.5, 0.6) is 11.5 Å². The SMILES string of the molecule is COc1ccc(C(CN(C)C)C2(O)CCCCC2)cc1.COc1ccc(C(CN(C)C)C2(O)CCCCC2)cc1.O. The van der Waals surface area contributed by atoms with Gasteiger partial charge in [0.05, 0.1) is 25.4 Å². The molecule has 0 heterocycles. The molecule has 2 aliphatic carbocycles. The molecular weight excluding hydrogens is 516 g/mol. The van der Waals surface area contributed by atoms with Crippen LogP contribution < -0.4 is 9.47 Å². The lowest BCUT2D eigenvalue weighted by atomic mass is 9.72. The van der Waals surface area contributed by atoms with Crippen molar-refractivity contribution in [3.8, 4) is 11.5 Å². The van der Waals surface area contributed by atoms with Crippen molar-refractivity contribution in [2.24, 2.45) is 0 Å². The molecule has 2 saturated carbocycles. The van der Waals surface area contributed by atoms with Crippen molar-refractivity contribution in [3.05, 3.63) is 59.7 Å². The molecule has 0 spiro atoms. The van der Waals surface area contributed by atoms with E-state index in [1.165, 1.54) is 24.0 Å². The first-order chi connectivity index (χ1) is 19.1. The summed E-state index contributed by atoms with van der Waals surface area (Å²) in [4.78, 5) is 4.34. The second kappa shape index (κ2) is 16.5. The lowest BCUT2D eigenvalue weighted by Crippen LogP contribution is -2.42. The summed E-state index contributed by atoms with van der Waals surface area (Å²) in [6, 6.07) is 16.3. The van der Waals surface area contributed by atoms with Crippen LogP contribution in [0.25, 0.3) is 0 Å². The number of rotatable bonds is 10. The van der Waals surface area contributed by atoms with Crippen LogP contribution in [-0.2, 0) is 0 Å². The van der Waals surface area contributed by atoms with E-state index in [0.29, 0.717) is 0 Å². The maximum Gasteiger partial charge on any atom is 0.118 e. The van der Waals surface area contributed by atoms with Gasteiger partial charge in [0.25, 0.3) is 0 Å². The van der Waals surface area contributed by atoms with Crippen molar-refractivity contribution < 1.29 is 25.2 Å². The Bertz CT molecular complexity index is 900. The summed E-state index contributed by atoms with van der Waals surface area (Å²) in [6.45, 7) is 1.76. The Labute approximate surface area is 248 Å². The van der Waals surface area contributed by atoms with Gasteiger partial charge in [0.15, 0.2) is 0 Å². The second-order valence-electron chi connectivity index (χ2n) is 12.5. The second-order valence-corrected chi connectivity index (χ2v) is 12.5. The van der Waals surface area contributed by atoms with Gasteiger partial charge in [-0.25, -0.2) is 0 Å². The Kier molecular flexibility index (Phi) is 14.1. The molecule has 2 aliphatic rings. The van der Waals surface area contributed by atoms with Gasteiger partial charge < -0.3 is 35.0 Å². The Morgan fingerprint density at radius 3 is 1.12 bits per heavy atom. The number of likely N-dealkylation sites (N-methyl/N-ethyl adjacent to an activating group) is 2. The van der Waals surface area contributed by atoms with E-state index in [0.717, 1.165) is 76.0 Å². The van der Waals surface area contributed by atoms with Gasteiger partial charge in [-0.05, 0) is 89.3 Å². The normalized spacial score (nSPS) is 19.4. The van der Waals surface area contributed by atoms with E-state index >= 15 is 0 Å². The van der Waals surface area contributed by atoms with Crippen LogP contribution in [-0.4, -0.2) is 92.2 Å². The number of nitrogens with zero attached hydrogens (tertiary/aromatic N) is 2. The van der Waals surface area contributed by atoms with Crippen molar-refractivity contribution in [2.45, 2.75) is 87.2 Å². The molecule has 7 nitrogen and oxygen atoms in total. The third-order valence-electron chi connectivity index (χ3n) is 8.87. The fourth-order valence-electron chi connectivity index (χ4n) is 6.60. The topological polar surface area (TPSA) is 96.9 Å². The van der Waals surface area contributed by atoms with Gasteiger partial charge in [-0.1, -0.05) is 62.8 Å². The van der Waals surface area contributed by atoms with E-state index in [-0.39, 0.29) is 17.3 Å². The van der Waals surface area contributed by atoms with Gasteiger partial charge in [-0.3, -0.25) is 0 Å². The zero-order chi connectivity index (χ0) is 29.2. The molecule has 2 unspecified atom stereocenters. The Balaban J connectivity index is 0.000000280. The minimum Gasteiger partial charge on any atom is -0.497 e. The van der Waals surface area contributed by atoms with Crippen LogP contribution in [0.4, 0.5) is 0 Å². The highest BCUT2D eigenvalue weighted by Crippen LogP contribution is 2.41. The Morgan fingerprint density at radius 1 is 0.585 bits per heavy atom. The molecule has 0 bridgehead atoms. The first-order valence-electron chi connectivity index (χ1n) is 15.1. The van der Waals surface area contributed by atoms with Crippen LogP contribution >= 0.6 is 0 Å². The van der Waals surface area contributed by atoms with Gasteiger partial charge in [-0.2, -0.15) is 0 Å². The third kappa shape index (κ3) is 9.97. The molecule has 0 amide bonds. The molecule has 2 aromatic carbocycles. The average Bonchev–Trinajstić information content (AvgIpc) is 2.96. The smallest absolute Gasteiger partial charge is 0.118 e. The number of methoxy groups -OCH3 is 2. The summed E-state index contributed by atoms with van der Waals surface area (Å²) in [5.41, 5.74) is 1.31. The van der Waals surface area contributed by atoms with Crippen molar-refractivity contribution in [1.29, 1.82) is 0 Å². The van der Waals surface area contributed by atoms with Gasteiger partial charge in [0.1, 0.15) is 11.5 Å². The van der Waals surface area contributed by atoms with Crippen LogP contribution in [0.2, 0.25) is 0 Å². The number of hydrogen-bond donors (Lipinski definition) is 2. The largest absolute Gasteiger partial charge is 0.497 e. The lowest BCUT2D eigenvalue weighted by Gasteiger charge is -2.40. The zero-order valence-electron chi connectivity index (χ0n) is 26.4. The Hall–Kier alpha value is -2.16. The maximum absolute atomic E-state index is 11.1. The van der Waals surface area contributed by atoms with E-state index in [4.69, 9.17) is 9.47 Å². The van der Waals surface area contributed by atoms with E-state index in [9.17, 15) is 10.2 Å². The summed E-state index contributed by atoms with van der Waals surface area (Å²) in [6.07, 6.45) is 10.7. The molecule has 2 aromatic rings. The molecule has 0 saturated heterocycles. The average molecular weight is 573 g/mol. The monoisotopic (exact) mass is 572 g/mol. The first kappa shape index (κ1) is 35.0. The summed E-state index contributed by atoms with van der Waals surface area (Å²) in [5, 5.41) is 22.2. The molecule has 0 aliphatic heterocycles. The van der Waals surface area contributed by atoms with Gasteiger partial charge in [-0.15, -0.1) is 0 Å². The highest BCUT2D eigenvalue weighted by molar-refractivity contribution is 5.32. The molecule has 4 rings (SSSR count). The lowest BCUT2D eigenvalue weighted by molar-refractivity contribution is -0.0280. The molecule has 41 heavy (non-hydrogen) atoms. The highest BCUT2D eigenvalue weighted by Gasteiger charge is 2.40. The minimum atomic E-state index is -0.558. The number of benzene rings is 2. The molecule has 4 N–H and O–H groups in total. The van der Waals surface area contributed by atoms with Crippen molar-refractivity contribution >= 4 is 0 Å². The van der Waals surface area contributed by atoms with Crippen LogP contribution in [0.3, 0.4) is 0 Å². The molecule has 0 aromatic heterocycles. The van der Waals surface area contributed by atoms with Crippen molar-refractivity contribution in [3.63, 3.8) is 0 Å². The Morgan fingerprint density at radius 2 is 0.878 bits per heavy atom. The summed E-state index contributed by atoms with van der Waals surface area (Å²) in [5.74, 6) is 2.08. The predicted octanol–water partition coefficient (Wildman–Crippen LogP) is 5.25. The first-order valence-corrected chi connectivity index (χ1v) is 15.1. The maximum atomic E-state index is 11.1. The van der Waals surface area contributed by atoms with Crippen LogP contribution in [0.15, 0.2) is 48.5 Å². The fourth-order valence-corrected chi connectivity index (χ4v) is 6.60. The molecule has 2 fully saturated rings. The quantitative estimate of drug-likeness (QED) is 0.404. The van der Waals surface area contributed by atoms with E-state index in [2.05, 4.69) is 62.3 Å². The molecule has 2 atom stereocenters. The minimum absolute atomic E-state index is 0. The van der Waals surface area contributed by atoms with E-state index < -0.39 is 11.2 Å². The molecular formula is C34H56N2O5. The van der Waals surface area contributed by atoms with Crippen molar-refractivity contribution in [2.75, 3.05) is 55.5 Å². The van der Waals surface area contributed by atoms with Crippen molar-refractivity contribution in [1.82, 2.24) is 9.80 Å². The summed E-state index contributed by atoms with van der Waals surface area (Å²) in [7, 11) is 11.7. The van der Waals surface area contributed by atoms with E-state index in [1.807, 2.05) is 24.3 Å². The van der Waals surface area contributed by atoms with Gasteiger partial charge in [0, 0.05) is 24.9 Å².